The molecule has 20 heavy (non-hydrogen) atoms. The molecule has 0 aliphatic rings. The summed E-state index contributed by atoms with van der Waals surface area (Å²) >= 11 is 0. The Balaban J connectivity index is 2.58. The van der Waals surface area contributed by atoms with Crippen LogP contribution in [0.2, 0.25) is 0 Å². The van der Waals surface area contributed by atoms with Crippen LogP contribution in [-0.4, -0.2) is 38.2 Å². The molecule has 1 rings (SSSR count). The molecule has 0 aromatic heterocycles. The number of aliphatic hydroxyl groups excluding tert-OH is 1. The molecular formula is C15H24O4S. The van der Waals surface area contributed by atoms with Crippen LogP contribution in [0.3, 0.4) is 0 Å². The van der Waals surface area contributed by atoms with Gasteiger partial charge in [0.25, 0.3) is 0 Å². The molecule has 0 aliphatic carbocycles. The summed E-state index contributed by atoms with van der Waals surface area (Å²) in [5.41, 5.74) is 1.08. The summed E-state index contributed by atoms with van der Waals surface area (Å²) in [5.74, 6) is 0.889. The van der Waals surface area contributed by atoms with Crippen molar-refractivity contribution in [2.45, 2.75) is 31.9 Å². The van der Waals surface area contributed by atoms with Gasteiger partial charge in [-0.05, 0) is 50.3 Å². The van der Waals surface area contributed by atoms with Gasteiger partial charge in [-0.1, -0.05) is 12.1 Å². The molecule has 1 unspecified atom stereocenters. The lowest BCUT2D eigenvalue weighted by Crippen LogP contribution is -2.21. The number of methoxy groups -OCH3 is 1. The van der Waals surface area contributed by atoms with E-state index in [1.165, 1.54) is 0 Å². The minimum atomic E-state index is -3.04. The van der Waals surface area contributed by atoms with E-state index in [1.54, 1.807) is 21.0 Å². The smallest absolute Gasteiger partial charge is 0.152 e. The van der Waals surface area contributed by atoms with Gasteiger partial charge < -0.3 is 9.84 Å². The van der Waals surface area contributed by atoms with E-state index >= 15 is 0 Å². The van der Waals surface area contributed by atoms with E-state index in [4.69, 9.17) is 4.74 Å². The van der Waals surface area contributed by atoms with Crippen molar-refractivity contribution in [3.63, 3.8) is 0 Å². The third-order valence-corrected chi connectivity index (χ3v) is 5.71. The highest BCUT2D eigenvalue weighted by molar-refractivity contribution is 7.91. The van der Waals surface area contributed by atoms with Crippen molar-refractivity contribution in [2.75, 3.05) is 19.5 Å². The molecule has 1 aromatic rings. The van der Waals surface area contributed by atoms with Crippen molar-refractivity contribution in [3.05, 3.63) is 29.8 Å². The average molecular weight is 300 g/mol. The van der Waals surface area contributed by atoms with Gasteiger partial charge in [0.05, 0.1) is 18.1 Å². The molecule has 114 valence electrons. The summed E-state index contributed by atoms with van der Waals surface area (Å²) < 4.78 is 28.7. The Morgan fingerprint density at radius 2 is 1.80 bits per heavy atom. The van der Waals surface area contributed by atoms with Crippen LogP contribution in [0.25, 0.3) is 0 Å². The van der Waals surface area contributed by atoms with Gasteiger partial charge >= 0.3 is 0 Å². The van der Waals surface area contributed by atoms with E-state index in [0.29, 0.717) is 12.8 Å². The summed E-state index contributed by atoms with van der Waals surface area (Å²) in [6, 6.07) is 7.63. The molecule has 0 bridgehead atoms. The lowest BCUT2D eigenvalue weighted by Gasteiger charge is -2.15. The maximum absolute atomic E-state index is 11.8. The largest absolute Gasteiger partial charge is 0.497 e. The summed E-state index contributed by atoms with van der Waals surface area (Å²) in [7, 11) is -1.42. The molecule has 0 radical (unpaired) electrons. The lowest BCUT2D eigenvalue weighted by molar-refractivity contribution is 0.222. The standard InChI is InChI=1S/C15H24O4S/c1-12(2)20(17,18)9-8-14(11-16)10-13-4-6-15(19-3)7-5-13/h4-7,12,14,16H,8-11H2,1-3H3. The van der Waals surface area contributed by atoms with Crippen molar-refractivity contribution >= 4 is 9.84 Å². The Bertz CT molecular complexity index is 491. The molecule has 1 atom stereocenters. The molecule has 0 spiro atoms. The van der Waals surface area contributed by atoms with E-state index in [9.17, 15) is 13.5 Å². The van der Waals surface area contributed by atoms with Gasteiger partial charge in [-0.2, -0.15) is 0 Å². The highest BCUT2D eigenvalue weighted by Gasteiger charge is 2.19. The number of benzene rings is 1. The molecule has 5 heteroatoms. The average Bonchev–Trinajstić information content (AvgIpc) is 2.44. The Morgan fingerprint density at radius 3 is 2.25 bits per heavy atom. The number of aliphatic hydroxyl groups is 1. The number of ether oxygens (including phenoxy) is 1. The van der Waals surface area contributed by atoms with Crippen molar-refractivity contribution in [3.8, 4) is 5.75 Å². The number of rotatable bonds is 8. The van der Waals surface area contributed by atoms with Gasteiger partial charge in [-0.3, -0.25) is 0 Å². The Labute approximate surface area is 121 Å². The second kappa shape index (κ2) is 7.64. The predicted octanol–water partition coefficient (Wildman–Crippen LogP) is 2.06. The molecule has 1 N–H and O–H groups in total. The van der Waals surface area contributed by atoms with Crippen molar-refractivity contribution in [1.82, 2.24) is 0 Å². The van der Waals surface area contributed by atoms with Crippen LogP contribution in [0.5, 0.6) is 5.75 Å². The fourth-order valence-corrected chi connectivity index (χ4v) is 3.05. The number of hydrogen-bond donors (Lipinski definition) is 1. The molecule has 0 fully saturated rings. The molecule has 1 aromatic carbocycles. The van der Waals surface area contributed by atoms with Crippen LogP contribution in [0.1, 0.15) is 25.8 Å². The third-order valence-electron chi connectivity index (χ3n) is 3.47. The normalized spacial score (nSPS) is 13.4. The van der Waals surface area contributed by atoms with E-state index in [-0.39, 0.29) is 23.5 Å². The minimum Gasteiger partial charge on any atom is -0.497 e. The zero-order valence-electron chi connectivity index (χ0n) is 12.4. The van der Waals surface area contributed by atoms with Crippen LogP contribution < -0.4 is 4.74 Å². The van der Waals surface area contributed by atoms with Crippen LogP contribution >= 0.6 is 0 Å². The highest BCUT2D eigenvalue weighted by Crippen LogP contribution is 2.17. The van der Waals surface area contributed by atoms with Crippen LogP contribution in [-0.2, 0) is 16.3 Å². The second-order valence-electron chi connectivity index (χ2n) is 5.31. The Morgan fingerprint density at radius 1 is 1.20 bits per heavy atom. The van der Waals surface area contributed by atoms with Gasteiger partial charge in [0.15, 0.2) is 9.84 Å². The molecule has 0 saturated heterocycles. The molecular weight excluding hydrogens is 276 g/mol. The maximum atomic E-state index is 11.8. The Hall–Kier alpha value is -1.07. The fraction of sp³-hybridized carbons (Fsp3) is 0.600. The highest BCUT2D eigenvalue weighted by atomic mass is 32.2. The van der Waals surface area contributed by atoms with Crippen LogP contribution in [0.4, 0.5) is 0 Å². The monoisotopic (exact) mass is 300 g/mol. The van der Waals surface area contributed by atoms with Gasteiger partial charge in [-0.15, -0.1) is 0 Å². The van der Waals surface area contributed by atoms with Gasteiger partial charge in [0, 0.05) is 6.61 Å². The van der Waals surface area contributed by atoms with E-state index < -0.39 is 9.84 Å². The first-order valence-corrected chi connectivity index (χ1v) is 8.56. The SMILES string of the molecule is COc1ccc(CC(CO)CCS(=O)(=O)C(C)C)cc1. The van der Waals surface area contributed by atoms with Crippen LogP contribution in [0.15, 0.2) is 24.3 Å². The summed E-state index contributed by atoms with van der Waals surface area (Å²) in [5, 5.41) is 9.05. The minimum absolute atomic E-state index is 0.000353. The molecule has 4 nitrogen and oxygen atoms in total. The topological polar surface area (TPSA) is 63.6 Å². The molecule has 0 amide bonds. The maximum Gasteiger partial charge on any atom is 0.152 e. The molecule has 0 saturated carbocycles. The number of sulfone groups is 1. The van der Waals surface area contributed by atoms with E-state index in [0.717, 1.165) is 11.3 Å². The first kappa shape index (κ1) is 17.0. The first-order chi connectivity index (χ1) is 9.39. The zero-order chi connectivity index (χ0) is 15.2. The first-order valence-electron chi connectivity index (χ1n) is 6.84. The van der Waals surface area contributed by atoms with Crippen molar-refractivity contribution < 1.29 is 18.3 Å². The van der Waals surface area contributed by atoms with Gasteiger partial charge in [0.1, 0.15) is 5.75 Å². The Kier molecular flexibility index (Phi) is 6.49. The number of hydrogen-bond acceptors (Lipinski definition) is 4. The summed E-state index contributed by atoms with van der Waals surface area (Å²) in [4.78, 5) is 0. The van der Waals surface area contributed by atoms with E-state index in [1.807, 2.05) is 24.3 Å². The van der Waals surface area contributed by atoms with E-state index in [2.05, 4.69) is 0 Å². The molecule has 0 heterocycles. The summed E-state index contributed by atoms with van der Waals surface area (Å²) in [6.07, 6.45) is 1.16. The van der Waals surface area contributed by atoms with Gasteiger partial charge in [0.2, 0.25) is 0 Å². The second-order valence-corrected chi connectivity index (χ2v) is 7.98. The lowest BCUT2D eigenvalue weighted by atomic mass is 9.98. The molecule has 0 aliphatic heterocycles. The van der Waals surface area contributed by atoms with Gasteiger partial charge in [-0.25, -0.2) is 8.42 Å². The van der Waals surface area contributed by atoms with Crippen molar-refractivity contribution in [1.29, 1.82) is 0 Å². The fourth-order valence-electron chi connectivity index (χ4n) is 1.92. The van der Waals surface area contributed by atoms with Crippen LogP contribution in [0, 0.1) is 5.92 Å². The third kappa shape index (κ3) is 5.13. The zero-order valence-corrected chi connectivity index (χ0v) is 13.2. The summed E-state index contributed by atoms with van der Waals surface area (Å²) in [6.45, 7) is 3.37. The quantitative estimate of drug-likeness (QED) is 0.798. The van der Waals surface area contributed by atoms with Crippen molar-refractivity contribution in [2.24, 2.45) is 5.92 Å². The predicted molar refractivity (Wildman–Crippen MR) is 80.8 cm³/mol.